The maximum atomic E-state index is 13.2. The van der Waals surface area contributed by atoms with Crippen molar-refractivity contribution in [1.29, 1.82) is 5.26 Å². The van der Waals surface area contributed by atoms with Gasteiger partial charge in [-0.1, -0.05) is 17.3 Å². The lowest BCUT2D eigenvalue weighted by Gasteiger charge is -2.09. The highest BCUT2D eigenvalue weighted by atomic mass is 19.1. The van der Waals surface area contributed by atoms with Crippen LogP contribution >= 0.6 is 0 Å². The van der Waals surface area contributed by atoms with E-state index in [0.717, 1.165) is 0 Å². The molecule has 0 spiro atoms. The van der Waals surface area contributed by atoms with Crippen molar-refractivity contribution >= 4 is 0 Å². The van der Waals surface area contributed by atoms with Crippen molar-refractivity contribution in [2.24, 2.45) is 0 Å². The second-order valence-electron chi connectivity index (χ2n) is 3.95. The molecule has 4 nitrogen and oxygen atoms in total. The molecule has 0 unspecified atom stereocenters. The van der Waals surface area contributed by atoms with Crippen molar-refractivity contribution < 1.29 is 4.39 Å². The number of rotatable bonds is 2. The van der Waals surface area contributed by atoms with Gasteiger partial charge in [0, 0.05) is 11.6 Å². The van der Waals surface area contributed by atoms with Crippen molar-refractivity contribution in [3.05, 3.63) is 35.8 Å². The summed E-state index contributed by atoms with van der Waals surface area (Å²) in [5, 5.41) is 16.7. The molecular weight excluding hydrogens is 219 g/mol. The molecule has 5 heteroatoms. The Morgan fingerprint density at radius 2 is 2.18 bits per heavy atom. The fourth-order valence-electron chi connectivity index (χ4n) is 1.64. The Bertz CT molecular complexity index is 580. The van der Waals surface area contributed by atoms with Crippen LogP contribution in [-0.2, 0) is 0 Å². The quantitative estimate of drug-likeness (QED) is 0.796. The summed E-state index contributed by atoms with van der Waals surface area (Å²) in [5.41, 5.74) is 1.38. The smallest absolute Gasteiger partial charge is 0.190 e. The molecule has 0 aliphatic carbocycles. The first kappa shape index (κ1) is 11.3. The summed E-state index contributed by atoms with van der Waals surface area (Å²) in [7, 11) is 0. The Labute approximate surface area is 98.3 Å². The third-order valence-electron chi connectivity index (χ3n) is 2.39. The number of nitrogens with zero attached hydrogens (tertiary/aromatic N) is 4. The molecule has 0 amide bonds. The van der Waals surface area contributed by atoms with E-state index in [9.17, 15) is 4.39 Å². The maximum Gasteiger partial charge on any atom is 0.190 e. The van der Waals surface area contributed by atoms with Gasteiger partial charge in [0.05, 0.1) is 0 Å². The van der Waals surface area contributed by atoms with Gasteiger partial charge in [-0.3, -0.25) is 0 Å². The number of hydrogen-bond acceptors (Lipinski definition) is 3. The second-order valence-corrected chi connectivity index (χ2v) is 3.95. The molecule has 1 heterocycles. The van der Waals surface area contributed by atoms with Crippen LogP contribution in [0.1, 0.15) is 25.6 Å². The number of benzene rings is 1. The first-order valence-electron chi connectivity index (χ1n) is 5.24. The standard InChI is InChI=1S/C12H11FN4/c1-8(2)17-12(11(7-14)15-16-17)9-4-3-5-10(13)6-9/h3-6,8H,1-2H3. The van der Waals surface area contributed by atoms with E-state index in [4.69, 9.17) is 5.26 Å². The maximum absolute atomic E-state index is 13.2. The SMILES string of the molecule is CC(C)n1nnc(C#N)c1-c1cccc(F)c1. The molecule has 2 rings (SSSR count). The lowest BCUT2D eigenvalue weighted by atomic mass is 10.1. The number of aromatic nitrogens is 3. The van der Waals surface area contributed by atoms with Gasteiger partial charge in [0.25, 0.3) is 0 Å². The van der Waals surface area contributed by atoms with Gasteiger partial charge in [0.2, 0.25) is 0 Å². The lowest BCUT2D eigenvalue weighted by molar-refractivity contribution is 0.519. The summed E-state index contributed by atoms with van der Waals surface area (Å²) in [6.45, 7) is 3.86. The molecule has 0 saturated carbocycles. The van der Waals surface area contributed by atoms with Crippen molar-refractivity contribution in [2.75, 3.05) is 0 Å². The third kappa shape index (κ3) is 2.02. The Hall–Kier alpha value is -2.22. The monoisotopic (exact) mass is 230 g/mol. The summed E-state index contributed by atoms with van der Waals surface area (Å²) >= 11 is 0. The van der Waals surface area contributed by atoms with E-state index in [-0.39, 0.29) is 17.6 Å². The lowest BCUT2D eigenvalue weighted by Crippen LogP contribution is -2.05. The van der Waals surface area contributed by atoms with Gasteiger partial charge in [-0.2, -0.15) is 5.26 Å². The van der Waals surface area contributed by atoms with E-state index >= 15 is 0 Å². The van der Waals surface area contributed by atoms with Crippen LogP contribution < -0.4 is 0 Å². The minimum atomic E-state index is -0.345. The minimum Gasteiger partial charge on any atom is -0.241 e. The molecule has 86 valence electrons. The van der Waals surface area contributed by atoms with E-state index in [1.54, 1.807) is 16.8 Å². The summed E-state index contributed by atoms with van der Waals surface area (Å²) in [6, 6.07) is 8.10. The molecule has 0 atom stereocenters. The average Bonchev–Trinajstić information content (AvgIpc) is 2.72. The molecule has 0 bridgehead atoms. The van der Waals surface area contributed by atoms with Crippen LogP contribution in [0, 0.1) is 17.1 Å². The molecule has 1 aromatic heterocycles. The highest BCUT2D eigenvalue weighted by molar-refractivity contribution is 5.64. The van der Waals surface area contributed by atoms with Gasteiger partial charge in [-0.05, 0) is 26.0 Å². The first-order chi connectivity index (χ1) is 8.13. The van der Waals surface area contributed by atoms with Crippen LogP contribution in [0.5, 0.6) is 0 Å². The van der Waals surface area contributed by atoms with E-state index < -0.39 is 0 Å². The second kappa shape index (κ2) is 4.34. The average molecular weight is 230 g/mol. The highest BCUT2D eigenvalue weighted by Crippen LogP contribution is 2.24. The van der Waals surface area contributed by atoms with Crippen LogP contribution in [0.3, 0.4) is 0 Å². The molecule has 2 aromatic rings. The largest absolute Gasteiger partial charge is 0.241 e. The molecule has 17 heavy (non-hydrogen) atoms. The van der Waals surface area contributed by atoms with Crippen molar-refractivity contribution in [1.82, 2.24) is 15.0 Å². The molecule has 0 N–H and O–H groups in total. The van der Waals surface area contributed by atoms with Crippen LogP contribution in [0.25, 0.3) is 11.3 Å². The zero-order chi connectivity index (χ0) is 12.4. The molecule has 0 aliphatic rings. The molecule has 0 radical (unpaired) electrons. The first-order valence-corrected chi connectivity index (χ1v) is 5.24. The summed E-state index contributed by atoms with van der Waals surface area (Å²) in [4.78, 5) is 0. The van der Waals surface area contributed by atoms with Crippen LogP contribution in [0.15, 0.2) is 24.3 Å². The van der Waals surface area contributed by atoms with E-state index in [2.05, 4.69) is 10.3 Å². The topological polar surface area (TPSA) is 54.5 Å². The van der Waals surface area contributed by atoms with Crippen molar-refractivity contribution in [2.45, 2.75) is 19.9 Å². The molecule has 1 aromatic carbocycles. The van der Waals surface area contributed by atoms with Gasteiger partial charge >= 0.3 is 0 Å². The van der Waals surface area contributed by atoms with Gasteiger partial charge in [-0.25, -0.2) is 9.07 Å². The molecular formula is C12H11FN4. The van der Waals surface area contributed by atoms with E-state index in [0.29, 0.717) is 11.3 Å². The van der Waals surface area contributed by atoms with E-state index in [1.807, 2.05) is 19.9 Å². The predicted molar refractivity (Wildman–Crippen MR) is 60.5 cm³/mol. The summed E-state index contributed by atoms with van der Waals surface area (Å²) < 4.78 is 14.8. The van der Waals surface area contributed by atoms with E-state index in [1.165, 1.54) is 12.1 Å². The van der Waals surface area contributed by atoms with Crippen molar-refractivity contribution in [3.8, 4) is 17.3 Å². The zero-order valence-corrected chi connectivity index (χ0v) is 9.55. The zero-order valence-electron chi connectivity index (χ0n) is 9.55. The minimum absolute atomic E-state index is 0.0582. The van der Waals surface area contributed by atoms with Crippen LogP contribution in [0.2, 0.25) is 0 Å². The summed E-state index contributed by atoms with van der Waals surface area (Å²) in [5.74, 6) is -0.345. The number of hydrogen-bond donors (Lipinski definition) is 0. The third-order valence-corrected chi connectivity index (χ3v) is 2.39. The molecule has 0 fully saturated rings. The normalized spacial score (nSPS) is 10.5. The fraction of sp³-hybridized carbons (Fsp3) is 0.250. The number of halogens is 1. The Morgan fingerprint density at radius 3 is 2.76 bits per heavy atom. The van der Waals surface area contributed by atoms with Crippen molar-refractivity contribution in [3.63, 3.8) is 0 Å². The highest BCUT2D eigenvalue weighted by Gasteiger charge is 2.16. The van der Waals surface area contributed by atoms with Crippen LogP contribution in [-0.4, -0.2) is 15.0 Å². The Kier molecular flexibility index (Phi) is 2.88. The van der Waals surface area contributed by atoms with Crippen LogP contribution in [0.4, 0.5) is 4.39 Å². The van der Waals surface area contributed by atoms with Gasteiger partial charge in [0.1, 0.15) is 17.6 Å². The van der Waals surface area contributed by atoms with Gasteiger partial charge in [-0.15, -0.1) is 5.10 Å². The molecule has 0 aliphatic heterocycles. The van der Waals surface area contributed by atoms with Gasteiger partial charge < -0.3 is 0 Å². The van der Waals surface area contributed by atoms with Gasteiger partial charge in [0.15, 0.2) is 5.69 Å². The fourth-order valence-corrected chi connectivity index (χ4v) is 1.64. The summed E-state index contributed by atoms with van der Waals surface area (Å²) in [6.07, 6.45) is 0. The predicted octanol–water partition coefficient (Wildman–Crippen LogP) is 2.54. The Balaban J connectivity index is 2.65. The number of nitriles is 1. The Morgan fingerprint density at radius 1 is 1.41 bits per heavy atom. The molecule has 0 saturated heterocycles.